The first kappa shape index (κ1) is 11.2. The van der Waals surface area contributed by atoms with Crippen molar-refractivity contribution in [1.82, 2.24) is 15.0 Å². The lowest BCUT2D eigenvalue weighted by Gasteiger charge is -2.03. The normalized spacial score (nSPS) is 11.1. The molecule has 0 aliphatic carbocycles. The van der Waals surface area contributed by atoms with E-state index in [9.17, 15) is 0 Å². The minimum absolute atomic E-state index is 0.144. The van der Waals surface area contributed by atoms with Crippen LogP contribution in [0.15, 0.2) is 6.20 Å². The molecule has 0 bridgehead atoms. The number of nitrogens with zero attached hydrogens (tertiary/aromatic N) is 3. The summed E-state index contributed by atoms with van der Waals surface area (Å²) in [6.45, 7) is 5.51. The summed E-state index contributed by atoms with van der Waals surface area (Å²) < 4.78 is 1.85. The predicted octanol–water partition coefficient (Wildman–Crippen LogP) is 1.25. The first-order valence-electron chi connectivity index (χ1n) is 5.22. The van der Waals surface area contributed by atoms with Crippen molar-refractivity contribution >= 4 is 0 Å². The fourth-order valence-corrected chi connectivity index (χ4v) is 1.34. The van der Waals surface area contributed by atoms with Crippen LogP contribution in [0, 0.1) is 5.92 Å². The third-order valence-corrected chi connectivity index (χ3v) is 2.12. The highest BCUT2D eigenvalue weighted by Gasteiger charge is 2.00. The Kier molecular flexibility index (Phi) is 4.59. The molecule has 0 atom stereocenters. The topological polar surface area (TPSA) is 50.9 Å². The molecule has 0 amide bonds. The average molecular weight is 197 g/mol. The Hall–Kier alpha value is -0.900. The van der Waals surface area contributed by atoms with E-state index in [0.29, 0.717) is 6.42 Å². The predicted molar refractivity (Wildman–Crippen MR) is 54.9 cm³/mol. The van der Waals surface area contributed by atoms with Gasteiger partial charge >= 0.3 is 0 Å². The number of aryl methyl sites for hydroxylation is 1. The molecule has 4 nitrogen and oxygen atoms in total. The van der Waals surface area contributed by atoms with Gasteiger partial charge in [0.25, 0.3) is 0 Å². The van der Waals surface area contributed by atoms with Gasteiger partial charge in [0.1, 0.15) is 0 Å². The zero-order valence-electron chi connectivity index (χ0n) is 8.98. The van der Waals surface area contributed by atoms with Crippen molar-refractivity contribution in [2.45, 2.75) is 39.7 Å². The van der Waals surface area contributed by atoms with Gasteiger partial charge < -0.3 is 5.11 Å². The molecule has 0 aliphatic heterocycles. The molecule has 80 valence electrons. The number of aromatic nitrogens is 3. The number of aliphatic hydroxyl groups excluding tert-OH is 1. The lowest BCUT2D eigenvalue weighted by Crippen LogP contribution is -2.00. The van der Waals surface area contributed by atoms with Crippen molar-refractivity contribution in [3.8, 4) is 0 Å². The van der Waals surface area contributed by atoms with Crippen molar-refractivity contribution in [1.29, 1.82) is 0 Å². The molecule has 4 heteroatoms. The SMILES string of the molecule is CC(C)CCCn1cc(CCO)nn1. The van der Waals surface area contributed by atoms with Gasteiger partial charge in [0, 0.05) is 25.8 Å². The largest absolute Gasteiger partial charge is 0.396 e. The van der Waals surface area contributed by atoms with E-state index in [2.05, 4.69) is 24.2 Å². The molecule has 14 heavy (non-hydrogen) atoms. The Morgan fingerprint density at radius 3 is 2.93 bits per heavy atom. The van der Waals surface area contributed by atoms with Crippen LogP contribution in [0.1, 0.15) is 32.4 Å². The Morgan fingerprint density at radius 1 is 1.50 bits per heavy atom. The zero-order chi connectivity index (χ0) is 10.4. The smallest absolute Gasteiger partial charge is 0.0849 e. The second-order valence-electron chi connectivity index (χ2n) is 3.98. The maximum Gasteiger partial charge on any atom is 0.0849 e. The van der Waals surface area contributed by atoms with Gasteiger partial charge in [-0.1, -0.05) is 19.1 Å². The Bertz CT molecular complexity index is 258. The Balaban J connectivity index is 2.28. The van der Waals surface area contributed by atoms with Crippen molar-refractivity contribution < 1.29 is 5.11 Å². The summed E-state index contributed by atoms with van der Waals surface area (Å²) in [7, 11) is 0. The van der Waals surface area contributed by atoms with Crippen LogP contribution < -0.4 is 0 Å². The highest BCUT2D eigenvalue weighted by Crippen LogP contribution is 2.05. The molecule has 1 N–H and O–H groups in total. The van der Waals surface area contributed by atoms with Crippen LogP contribution in [0.4, 0.5) is 0 Å². The van der Waals surface area contributed by atoms with Gasteiger partial charge in [0.05, 0.1) is 5.69 Å². The fraction of sp³-hybridized carbons (Fsp3) is 0.800. The van der Waals surface area contributed by atoms with Crippen LogP contribution in [0.2, 0.25) is 0 Å². The van der Waals surface area contributed by atoms with Gasteiger partial charge in [0.2, 0.25) is 0 Å². The highest BCUT2D eigenvalue weighted by molar-refractivity contribution is 4.91. The Labute approximate surface area is 84.9 Å². The molecule has 1 aromatic heterocycles. The molecule has 0 radical (unpaired) electrons. The third-order valence-electron chi connectivity index (χ3n) is 2.12. The minimum atomic E-state index is 0.144. The van der Waals surface area contributed by atoms with Crippen molar-refractivity contribution in [3.63, 3.8) is 0 Å². The number of hydrogen-bond acceptors (Lipinski definition) is 3. The second-order valence-corrected chi connectivity index (χ2v) is 3.98. The van der Waals surface area contributed by atoms with E-state index in [1.54, 1.807) is 0 Å². The fourth-order valence-electron chi connectivity index (χ4n) is 1.34. The van der Waals surface area contributed by atoms with Crippen LogP contribution in [-0.4, -0.2) is 26.7 Å². The summed E-state index contributed by atoms with van der Waals surface area (Å²) in [5.74, 6) is 0.746. The molecule has 1 heterocycles. The minimum Gasteiger partial charge on any atom is -0.396 e. The molecule has 1 aromatic rings. The van der Waals surface area contributed by atoms with E-state index in [1.807, 2.05) is 10.9 Å². The van der Waals surface area contributed by atoms with Crippen molar-refractivity contribution in [2.24, 2.45) is 5.92 Å². The third kappa shape index (κ3) is 3.87. The average Bonchev–Trinajstić information content (AvgIpc) is 2.53. The van der Waals surface area contributed by atoms with Crippen LogP contribution in [0.25, 0.3) is 0 Å². The van der Waals surface area contributed by atoms with E-state index < -0.39 is 0 Å². The summed E-state index contributed by atoms with van der Waals surface area (Å²) in [6.07, 6.45) is 4.87. The van der Waals surface area contributed by atoms with E-state index in [-0.39, 0.29) is 6.61 Å². The van der Waals surface area contributed by atoms with Gasteiger partial charge in [-0.15, -0.1) is 5.10 Å². The molecule has 0 saturated carbocycles. The maximum atomic E-state index is 8.70. The van der Waals surface area contributed by atoms with Crippen LogP contribution in [0.3, 0.4) is 0 Å². The second kappa shape index (κ2) is 5.75. The molecule has 1 rings (SSSR count). The highest BCUT2D eigenvalue weighted by atomic mass is 16.3. The van der Waals surface area contributed by atoms with Gasteiger partial charge in [-0.05, 0) is 18.8 Å². The molecule has 0 aliphatic rings. The maximum absolute atomic E-state index is 8.70. The van der Waals surface area contributed by atoms with Crippen molar-refractivity contribution in [2.75, 3.05) is 6.61 Å². The van der Waals surface area contributed by atoms with Crippen LogP contribution in [-0.2, 0) is 13.0 Å². The zero-order valence-corrected chi connectivity index (χ0v) is 8.98. The molecule has 0 aromatic carbocycles. The van der Waals surface area contributed by atoms with E-state index in [1.165, 1.54) is 6.42 Å². The molecule has 0 unspecified atom stereocenters. The first-order chi connectivity index (χ1) is 6.72. The quantitative estimate of drug-likeness (QED) is 0.746. The standard InChI is InChI=1S/C10H19N3O/c1-9(2)4-3-6-13-8-10(5-7-14)11-12-13/h8-9,14H,3-7H2,1-2H3. The monoisotopic (exact) mass is 197 g/mol. The number of rotatable bonds is 6. The molecule has 0 spiro atoms. The molecule has 0 fully saturated rings. The molecular formula is C10H19N3O. The summed E-state index contributed by atoms with van der Waals surface area (Å²) in [4.78, 5) is 0. The summed E-state index contributed by atoms with van der Waals surface area (Å²) in [5.41, 5.74) is 0.872. The van der Waals surface area contributed by atoms with Crippen LogP contribution >= 0.6 is 0 Å². The van der Waals surface area contributed by atoms with E-state index in [4.69, 9.17) is 5.11 Å². The molecular weight excluding hydrogens is 178 g/mol. The van der Waals surface area contributed by atoms with Crippen LogP contribution in [0.5, 0.6) is 0 Å². The summed E-state index contributed by atoms with van der Waals surface area (Å²) in [5, 5.41) is 16.6. The lowest BCUT2D eigenvalue weighted by molar-refractivity contribution is 0.298. The lowest BCUT2D eigenvalue weighted by atomic mass is 10.1. The van der Waals surface area contributed by atoms with E-state index >= 15 is 0 Å². The number of aliphatic hydroxyl groups is 1. The Morgan fingerprint density at radius 2 is 2.29 bits per heavy atom. The van der Waals surface area contributed by atoms with Gasteiger partial charge in [-0.25, -0.2) is 0 Å². The summed E-state index contributed by atoms with van der Waals surface area (Å²) >= 11 is 0. The van der Waals surface area contributed by atoms with E-state index in [0.717, 1.165) is 24.6 Å². The van der Waals surface area contributed by atoms with Crippen molar-refractivity contribution in [3.05, 3.63) is 11.9 Å². The molecule has 0 saturated heterocycles. The first-order valence-corrected chi connectivity index (χ1v) is 5.22. The van der Waals surface area contributed by atoms with Gasteiger partial charge in [-0.3, -0.25) is 4.68 Å². The van der Waals surface area contributed by atoms with Gasteiger partial charge in [-0.2, -0.15) is 0 Å². The number of hydrogen-bond donors (Lipinski definition) is 1. The summed E-state index contributed by atoms with van der Waals surface area (Å²) in [6, 6.07) is 0. The van der Waals surface area contributed by atoms with Gasteiger partial charge in [0.15, 0.2) is 0 Å².